The molecule has 2 aromatic heterocycles. The van der Waals surface area contributed by atoms with Crippen LogP contribution in [-0.2, 0) is 0 Å². The summed E-state index contributed by atoms with van der Waals surface area (Å²) < 4.78 is 1.73. The van der Waals surface area contributed by atoms with Crippen LogP contribution in [0.1, 0.15) is 25.6 Å². The number of aromatic nitrogens is 3. The molecule has 0 aliphatic rings. The van der Waals surface area contributed by atoms with Crippen molar-refractivity contribution in [2.45, 2.75) is 19.8 Å². The third-order valence-corrected chi connectivity index (χ3v) is 2.94. The lowest BCUT2D eigenvalue weighted by Crippen LogP contribution is -2.19. The Labute approximate surface area is 99.4 Å². The predicted octanol–water partition coefficient (Wildman–Crippen LogP) is 2.08. The van der Waals surface area contributed by atoms with Crippen molar-refractivity contribution in [1.82, 2.24) is 14.6 Å². The van der Waals surface area contributed by atoms with Crippen LogP contribution in [0.3, 0.4) is 0 Å². The van der Waals surface area contributed by atoms with Gasteiger partial charge in [-0.15, -0.1) is 0 Å². The second kappa shape index (κ2) is 4.39. The fraction of sp³-hybridized carbons (Fsp3) is 0.455. The zero-order valence-electron chi connectivity index (χ0n) is 9.39. The Bertz CT molecular complexity index is 492. The molecule has 0 amide bonds. The van der Waals surface area contributed by atoms with Crippen LogP contribution in [0.25, 0.3) is 5.65 Å². The monoisotopic (exact) mass is 238 g/mol. The van der Waals surface area contributed by atoms with Gasteiger partial charge in [-0.25, -0.2) is 9.50 Å². The molecule has 0 bridgehead atoms. The van der Waals surface area contributed by atoms with E-state index in [1.54, 1.807) is 16.6 Å². The highest BCUT2D eigenvalue weighted by molar-refractivity contribution is 6.30. The van der Waals surface area contributed by atoms with Gasteiger partial charge in [-0.1, -0.05) is 25.4 Å². The molecule has 16 heavy (non-hydrogen) atoms. The average molecular weight is 239 g/mol. The van der Waals surface area contributed by atoms with E-state index in [0.717, 1.165) is 11.5 Å². The molecule has 5 heteroatoms. The van der Waals surface area contributed by atoms with Crippen molar-refractivity contribution in [3.8, 4) is 0 Å². The lowest BCUT2D eigenvalue weighted by Gasteiger charge is -2.14. The van der Waals surface area contributed by atoms with Gasteiger partial charge in [0.2, 0.25) is 0 Å². The first-order chi connectivity index (χ1) is 7.61. The van der Waals surface area contributed by atoms with Crippen LogP contribution >= 0.6 is 11.6 Å². The van der Waals surface area contributed by atoms with E-state index in [1.807, 2.05) is 6.20 Å². The molecular formula is C11H15ClN4. The molecule has 0 aliphatic heterocycles. The zero-order valence-corrected chi connectivity index (χ0v) is 10.1. The van der Waals surface area contributed by atoms with E-state index in [9.17, 15) is 0 Å². The maximum absolute atomic E-state index is 5.90. The molecule has 2 aromatic rings. The van der Waals surface area contributed by atoms with E-state index < -0.39 is 0 Å². The standard InChI is InChI=1S/C11H15ClN4/c1-7(2)9(6-13)11-14-10-5-8(12)3-4-16(10)15-11/h3-5,7,9H,6,13H2,1-2H3. The maximum Gasteiger partial charge on any atom is 0.157 e. The Morgan fingerprint density at radius 1 is 1.50 bits per heavy atom. The molecular weight excluding hydrogens is 224 g/mol. The summed E-state index contributed by atoms with van der Waals surface area (Å²) >= 11 is 5.90. The van der Waals surface area contributed by atoms with Crippen molar-refractivity contribution < 1.29 is 0 Å². The minimum atomic E-state index is 0.193. The summed E-state index contributed by atoms with van der Waals surface area (Å²) in [5, 5.41) is 5.08. The van der Waals surface area contributed by atoms with Crippen LogP contribution in [0.2, 0.25) is 5.02 Å². The Kier molecular flexibility index (Phi) is 3.12. The molecule has 0 spiro atoms. The molecule has 0 aliphatic carbocycles. The van der Waals surface area contributed by atoms with Crippen LogP contribution in [-0.4, -0.2) is 21.1 Å². The predicted molar refractivity (Wildman–Crippen MR) is 64.6 cm³/mol. The summed E-state index contributed by atoms with van der Waals surface area (Å²) in [6.45, 7) is 4.80. The molecule has 0 radical (unpaired) electrons. The number of fused-ring (bicyclic) bond motifs is 1. The van der Waals surface area contributed by atoms with E-state index in [0.29, 0.717) is 17.5 Å². The molecule has 1 atom stereocenters. The summed E-state index contributed by atoms with van der Waals surface area (Å²) in [6.07, 6.45) is 1.81. The molecule has 0 aromatic carbocycles. The molecule has 4 nitrogen and oxygen atoms in total. The second-order valence-electron chi connectivity index (χ2n) is 4.20. The third kappa shape index (κ3) is 2.03. The molecule has 2 heterocycles. The van der Waals surface area contributed by atoms with Crippen molar-refractivity contribution >= 4 is 17.2 Å². The van der Waals surface area contributed by atoms with Crippen molar-refractivity contribution in [1.29, 1.82) is 0 Å². The smallest absolute Gasteiger partial charge is 0.157 e. The first-order valence-electron chi connectivity index (χ1n) is 5.33. The van der Waals surface area contributed by atoms with Crippen LogP contribution in [0.5, 0.6) is 0 Å². The molecule has 0 fully saturated rings. The quantitative estimate of drug-likeness (QED) is 0.891. The van der Waals surface area contributed by atoms with Gasteiger partial charge < -0.3 is 5.73 Å². The Morgan fingerprint density at radius 2 is 2.25 bits per heavy atom. The van der Waals surface area contributed by atoms with Gasteiger partial charge in [0.1, 0.15) is 0 Å². The summed E-state index contributed by atoms with van der Waals surface area (Å²) in [6, 6.07) is 3.59. The molecule has 0 saturated carbocycles. The van der Waals surface area contributed by atoms with Gasteiger partial charge >= 0.3 is 0 Å². The van der Waals surface area contributed by atoms with Gasteiger partial charge in [0.15, 0.2) is 11.5 Å². The van der Waals surface area contributed by atoms with E-state index >= 15 is 0 Å². The van der Waals surface area contributed by atoms with Gasteiger partial charge in [-0.2, -0.15) is 5.10 Å². The number of halogens is 1. The van der Waals surface area contributed by atoms with Crippen molar-refractivity contribution in [2.75, 3.05) is 6.54 Å². The largest absolute Gasteiger partial charge is 0.330 e. The number of pyridine rings is 1. The van der Waals surface area contributed by atoms with Gasteiger partial charge in [0.05, 0.1) is 0 Å². The van der Waals surface area contributed by atoms with Gasteiger partial charge in [-0.05, 0) is 12.0 Å². The van der Waals surface area contributed by atoms with Gasteiger partial charge in [0, 0.05) is 29.7 Å². The first-order valence-corrected chi connectivity index (χ1v) is 5.71. The van der Waals surface area contributed by atoms with Crippen LogP contribution in [0.4, 0.5) is 0 Å². The molecule has 0 saturated heterocycles. The Morgan fingerprint density at radius 3 is 2.88 bits per heavy atom. The third-order valence-electron chi connectivity index (χ3n) is 2.71. The topological polar surface area (TPSA) is 56.2 Å². The highest BCUT2D eigenvalue weighted by Crippen LogP contribution is 2.21. The summed E-state index contributed by atoms with van der Waals surface area (Å²) in [4.78, 5) is 4.45. The zero-order chi connectivity index (χ0) is 11.7. The molecule has 2 rings (SSSR count). The van der Waals surface area contributed by atoms with E-state index in [-0.39, 0.29) is 5.92 Å². The molecule has 86 valence electrons. The SMILES string of the molecule is CC(C)C(CN)c1nc2cc(Cl)ccn2n1. The van der Waals surface area contributed by atoms with E-state index in [1.165, 1.54) is 0 Å². The first kappa shape index (κ1) is 11.4. The minimum absolute atomic E-state index is 0.193. The van der Waals surface area contributed by atoms with E-state index in [4.69, 9.17) is 17.3 Å². The lowest BCUT2D eigenvalue weighted by atomic mass is 9.95. The lowest BCUT2D eigenvalue weighted by molar-refractivity contribution is 0.483. The summed E-state index contributed by atoms with van der Waals surface area (Å²) in [5.74, 6) is 1.41. The number of hydrogen-bond acceptors (Lipinski definition) is 3. The molecule has 2 N–H and O–H groups in total. The highest BCUT2D eigenvalue weighted by Gasteiger charge is 2.19. The number of hydrogen-bond donors (Lipinski definition) is 1. The van der Waals surface area contributed by atoms with Crippen LogP contribution in [0.15, 0.2) is 18.3 Å². The van der Waals surface area contributed by atoms with Gasteiger partial charge in [-0.3, -0.25) is 0 Å². The fourth-order valence-corrected chi connectivity index (χ4v) is 1.86. The van der Waals surface area contributed by atoms with Crippen molar-refractivity contribution in [2.24, 2.45) is 11.7 Å². The number of rotatable bonds is 3. The van der Waals surface area contributed by atoms with Gasteiger partial charge in [0.25, 0.3) is 0 Å². The Hall–Kier alpha value is -1.13. The van der Waals surface area contributed by atoms with Crippen molar-refractivity contribution in [3.05, 3.63) is 29.2 Å². The second-order valence-corrected chi connectivity index (χ2v) is 4.64. The number of nitrogens with two attached hydrogens (primary N) is 1. The maximum atomic E-state index is 5.90. The summed E-state index contributed by atoms with van der Waals surface area (Å²) in [7, 11) is 0. The normalized spacial score (nSPS) is 13.6. The minimum Gasteiger partial charge on any atom is -0.330 e. The molecule has 1 unspecified atom stereocenters. The van der Waals surface area contributed by atoms with Crippen LogP contribution in [0, 0.1) is 5.92 Å². The number of nitrogens with zero attached hydrogens (tertiary/aromatic N) is 3. The average Bonchev–Trinajstić information content (AvgIpc) is 2.60. The fourth-order valence-electron chi connectivity index (χ4n) is 1.71. The Balaban J connectivity index is 2.45. The van der Waals surface area contributed by atoms with Crippen molar-refractivity contribution in [3.63, 3.8) is 0 Å². The van der Waals surface area contributed by atoms with E-state index in [2.05, 4.69) is 23.9 Å². The summed E-state index contributed by atoms with van der Waals surface area (Å²) in [5.41, 5.74) is 6.51. The highest BCUT2D eigenvalue weighted by atomic mass is 35.5. The van der Waals surface area contributed by atoms with Crippen LogP contribution < -0.4 is 5.73 Å².